The maximum Gasteiger partial charge on any atom is 0.573 e. The molecular weight excluding hydrogens is 465 g/mol. The number of hydrogen-bond donors (Lipinski definition) is 0. The smallest absolute Gasteiger partial charge is 0.406 e. The number of amides is 1. The number of fused-ring (bicyclic) bond motifs is 1. The minimum absolute atomic E-state index is 0.0425. The predicted molar refractivity (Wildman–Crippen MR) is 117 cm³/mol. The van der Waals surface area contributed by atoms with E-state index < -0.39 is 28.0 Å². The second-order valence-electron chi connectivity index (χ2n) is 7.67. The van der Waals surface area contributed by atoms with Gasteiger partial charge in [0.15, 0.2) is 15.0 Å². The lowest BCUT2D eigenvalue weighted by atomic mass is 10.1. The highest BCUT2D eigenvalue weighted by Gasteiger charge is 2.49. The van der Waals surface area contributed by atoms with Crippen molar-refractivity contribution < 1.29 is 31.1 Å². The zero-order chi connectivity index (χ0) is 23.1. The topological polar surface area (TPSA) is 76.0 Å². The van der Waals surface area contributed by atoms with Crippen LogP contribution in [0.2, 0.25) is 0 Å². The Labute approximate surface area is 187 Å². The third kappa shape index (κ3) is 5.26. The van der Waals surface area contributed by atoms with Crippen LogP contribution in [0.1, 0.15) is 11.1 Å². The summed E-state index contributed by atoms with van der Waals surface area (Å²) in [6, 6.07) is 12.1. The Balaban J connectivity index is 1.61. The van der Waals surface area contributed by atoms with Gasteiger partial charge in [-0.2, -0.15) is 4.99 Å². The van der Waals surface area contributed by atoms with Crippen LogP contribution in [-0.4, -0.2) is 48.7 Å². The van der Waals surface area contributed by atoms with E-state index in [1.54, 1.807) is 4.90 Å². The van der Waals surface area contributed by atoms with Crippen LogP contribution < -0.4 is 9.64 Å². The molecule has 2 aliphatic heterocycles. The summed E-state index contributed by atoms with van der Waals surface area (Å²) < 4.78 is 65.5. The monoisotopic (exact) mass is 484 g/mol. The van der Waals surface area contributed by atoms with Crippen LogP contribution in [0, 0.1) is 6.92 Å². The normalized spacial score (nSPS) is 23.4. The van der Waals surface area contributed by atoms with Crippen LogP contribution in [0.4, 0.5) is 18.9 Å². The molecule has 32 heavy (non-hydrogen) atoms. The van der Waals surface area contributed by atoms with Gasteiger partial charge in [0.25, 0.3) is 5.91 Å². The molecule has 0 radical (unpaired) electrons. The first kappa shape index (κ1) is 22.7. The quantitative estimate of drug-likeness (QED) is 0.658. The number of thioether (sulfide) groups is 1. The highest BCUT2D eigenvalue weighted by molar-refractivity contribution is 8.16. The van der Waals surface area contributed by atoms with Crippen molar-refractivity contribution in [1.29, 1.82) is 0 Å². The number of benzene rings is 2. The number of halogens is 3. The van der Waals surface area contributed by atoms with Gasteiger partial charge in [0.1, 0.15) is 5.75 Å². The van der Waals surface area contributed by atoms with Gasteiger partial charge < -0.3 is 9.64 Å². The van der Waals surface area contributed by atoms with Crippen LogP contribution >= 0.6 is 11.8 Å². The third-order valence-corrected chi connectivity index (χ3v) is 8.28. The summed E-state index contributed by atoms with van der Waals surface area (Å²) in [5, 5.41) is 0.0358. The van der Waals surface area contributed by atoms with Crippen molar-refractivity contribution in [3.8, 4) is 5.75 Å². The van der Waals surface area contributed by atoms with Crippen molar-refractivity contribution in [2.45, 2.75) is 31.0 Å². The van der Waals surface area contributed by atoms with E-state index in [2.05, 4.69) is 9.73 Å². The van der Waals surface area contributed by atoms with Crippen molar-refractivity contribution >= 4 is 38.4 Å². The number of aliphatic imine (C=N–C) groups is 1. The van der Waals surface area contributed by atoms with E-state index in [0.717, 1.165) is 23.3 Å². The molecule has 0 aliphatic carbocycles. The zero-order valence-electron chi connectivity index (χ0n) is 16.9. The molecule has 6 nitrogen and oxygen atoms in total. The zero-order valence-corrected chi connectivity index (χ0v) is 18.5. The van der Waals surface area contributed by atoms with E-state index in [4.69, 9.17) is 0 Å². The first-order valence-electron chi connectivity index (χ1n) is 9.68. The molecule has 11 heteroatoms. The fourth-order valence-electron chi connectivity index (χ4n) is 3.82. The predicted octanol–water partition coefficient (Wildman–Crippen LogP) is 3.74. The van der Waals surface area contributed by atoms with Crippen molar-refractivity contribution in [1.82, 2.24) is 0 Å². The van der Waals surface area contributed by atoms with E-state index in [1.807, 2.05) is 31.2 Å². The average molecular weight is 485 g/mol. The van der Waals surface area contributed by atoms with Crippen LogP contribution in [0.5, 0.6) is 5.75 Å². The molecule has 2 aromatic carbocycles. The SMILES string of the molecule is Cc1cccc(CC(=O)N=C2S[C@H]3CS(=O)(=O)C[C@H]3N2c2ccc(OC(F)(F)F)cc2)c1. The second-order valence-corrected chi connectivity index (χ2v) is 11.0. The Kier molecular flexibility index (Phi) is 5.97. The van der Waals surface area contributed by atoms with Gasteiger partial charge in [0, 0.05) is 10.9 Å². The fourth-order valence-corrected chi connectivity index (χ4v) is 7.75. The first-order valence-corrected chi connectivity index (χ1v) is 12.4. The van der Waals surface area contributed by atoms with Crippen molar-refractivity contribution in [3.05, 3.63) is 59.7 Å². The van der Waals surface area contributed by atoms with Gasteiger partial charge in [-0.15, -0.1) is 13.2 Å². The summed E-state index contributed by atoms with van der Waals surface area (Å²) >= 11 is 1.21. The first-order chi connectivity index (χ1) is 15.0. The summed E-state index contributed by atoms with van der Waals surface area (Å²) in [5.74, 6) is -0.934. The van der Waals surface area contributed by atoms with Gasteiger partial charge >= 0.3 is 6.36 Å². The number of ether oxygens (including phenoxy) is 1. The van der Waals surface area contributed by atoms with Crippen LogP contribution in [0.3, 0.4) is 0 Å². The fraction of sp³-hybridized carbons (Fsp3) is 0.333. The molecule has 0 bridgehead atoms. The molecule has 2 atom stereocenters. The van der Waals surface area contributed by atoms with Crippen LogP contribution in [0.25, 0.3) is 0 Å². The van der Waals surface area contributed by atoms with E-state index in [-0.39, 0.29) is 29.1 Å². The van der Waals surface area contributed by atoms with Gasteiger partial charge in [0.05, 0.1) is 24.0 Å². The Morgan fingerprint density at radius 3 is 2.56 bits per heavy atom. The molecule has 0 spiro atoms. The summed E-state index contributed by atoms with van der Waals surface area (Å²) in [6.45, 7) is 1.92. The molecule has 2 saturated heterocycles. The number of hydrogen-bond acceptors (Lipinski definition) is 5. The number of amidine groups is 1. The lowest BCUT2D eigenvalue weighted by Crippen LogP contribution is -2.37. The number of aryl methyl sites for hydroxylation is 1. The minimum Gasteiger partial charge on any atom is -0.406 e. The van der Waals surface area contributed by atoms with Gasteiger partial charge in [-0.25, -0.2) is 8.42 Å². The Morgan fingerprint density at radius 1 is 1.19 bits per heavy atom. The Hall–Kier alpha value is -2.53. The van der Waals surface area contributed by atoms with Gasteiger partial charge in [0.2, 0.25) is 0 Å². The molecule has 1 amide bonds. The van der Waals surface area contributed by atoms with Crippen molar-refractivity contribution in [3.63, 3.8) is 0 Å². The molecule has 0 N–H and O–H groups in total. The Bertz CT molecular complexity index is 1160. The molecule has 0 unspecified atom stereocenters. The molecule has 170 valence electrons. The van der Waals surface area contributed by atoms with E-state index in [9.17, 15) is 26.4 Å². The maximum atomic E-state index is 12.6. The van der Waals surface area contributed by atoms with Gasteiger partial charge in [-0.05, 0) is 36.8 Å². The van der Waals surface area contributed by atoms with E-state index in [1.165, 1.54) is 23.9 Å². The number of anilines is 1. The number of alkyl halides is 3. The average Bonchev–Trinajstić information content (AvgIpc) is 3.12. The summed E-state index contributed by atoms with van der Waals surface area (Å²) in [7, 11) is -3.26. The lowest BCUT2D eigenvalue weighted by molar-refractivity contribution is -0.274. The molecule has 2 aliphatic rings. The maximum absolute atomic E-state index is 12.6. The van der Waals surface area contributed by atoms with E-state index >= 15 is 0 Å². The molecule has 2 heterocycles. The summed E-state index contributed by atoms with van der Waals surface area (Å²) in [6.07, 6.45) is -4.73. The molecule has 0 saturated carbocycles. The minimum atomic E-state index is -4.82. The number of rotatable bonds is 4. The second kappa shape index (κ2) is 8.43. The van der Waals surface area contributed by atoms with Crippen molar-refractivity contribution in [2.24, 2.45) is 4.99 Å². The summed E-state index contributed by atoms with van der Waals surface area (Å²) in [4.78, 5) is 18.5. The number of carbonyl (C=O) groups excluding carboxylic acids is 1. The molecular formula is C21H19F3N2O4S2. The third-order valence-electron chi connectivity index (χ3n) is 5.07. The van der Waals surface area contributed by atoms with Gasteiger partial charge in [-0.1, -0.05) is 41.6 Å². The highest BCUT2D eigenvalue weighted by Crippen LogP contribution is 2.41. The van der Waals surface area contributed by atoms with Crippen molar-refractivity contribution in [2.75, 3.05) is 16.4 Å². The molecule has 2 aromatic rings. The van der Waals surface area contributed by atoms with Crippen LogP contribution in [-0.2, 0) is 21.1 Å². The Morgan fingerprint density at radius 2 is 1.91 bits per heavy atom. The lowest BCUT2D eigenvalue weighted by Gasteiger charge is -2.24. The van der Waals surface area contributed by atoms with E-state index in [0.29, 0.717) is 10.9 Å². The standard InChI is InChI=1S/C21H19F3N2O4S2/c1-13-3-2-4-14(9-13)10-19(27)25-20-26(17-11-32(28,29)12-18(17)31-20)15-5-7-16(8-6-15)30-21(22,23)24/h2-9,17-18H,10-12H2,1H3/t17-,18+/m1/s1. The number of nitrogens with zero attached hydrogens (tertiary/aromatic N) is 2. The molecule has 0 aromatic heterocycles. The highest BCUT2D eigenvalue weighted by atomic mass is 32.2. The molecule has 4 rings (SSSR count). The van der Waals surface area contributed by atoms with Gasteiger partial charge in [-0.3, -0.25) is 4.79 Å². The van der Waals surface area contributed by atoms with Crippen LogP contribution in [0.15, 0.2) is 53.5 Å². The molecule has 2 fully saturated rings. The number of carbonyl (C=O) groups is 1. The largest absolute Gasteiger partial charge is 0.573 e. The number of sulfone groups is 1. The summed E-state index contributed by atoms with van der Waals surface area (Å²) in [5.41, 5.74) is 2.27.